The molecular weight excluding hydrogens is 450 g/mol. The van der Waals surface area contributed by atoms with E-state index in [0.717, 1.165) is 11.8 Å². The molecule has 10 heteroatoms. The van der Waals surface area contributed by atoms with Crippen molar-refractivity contribution in [2.75, 3.05) is 39.5 Å². The summed E-state index contributed by atoms with van der Waals surface area (Å²) < 4.78 is 50.8. The fraction of sp³-hybridized carbons (Fsp3) is 0.409. The third-order valence-corrected chi connectivity index (χ3v) is 8.73. The molecule has 0 aliphatic carbocycles. The molecule has 0 saturated carbocycles. The molecule has 1 amide bonds. The van der Waals surface area contributed by atoms with Gasteiger partial charge in [0.05, 0.1) is 15.8 Å². The third kappa shape index (κ3) is 5.37. The molecule has 1 saturated heterocycles. The van der Waals surface area contributed by atoms with Gasteiger partial charge in [0.15, 0.2) is 9.84 Å². The van der Waals surface area contributed by atoms with Gasteiger partial charge in [0.25, 0.3) is 5.91 Å². The van der Waals surface area contributed by atoms with E-state index in [-0.39, 0.29) is 9.79 Å². The highest BCUT2D eigenvalue weighted by molar-refractivity contribution is 7.90. The maximum absolute atomic E-state index is 13.1. The third-order valence-electron chi connectivity index (χ3n) is 5.71. The van der Waals surface area contributed by atoms with E-state index in [4.69, 9.17) is 0 Å². The van der Waals surface area contributed by atoms with Gasteiger partial charge >= 0.3 is 0 Å². The molecular formula is C22H29N3O5S2. The molecule has 1 heterocycles. The molecule has 0 spiro atoms. The summed E-state index contributed by atoms with van der Waals surface area (Å²) in [6.07, 6.45) is 1.14. The van der Waals surface area contributed by atoms with Crippen LogP contribution >= 0.6 is 0 Å². The standard InChI is InChI=1S/C22H29N3O5S2/c1-16-5-8-20(32(29,30)25-13-11-24(3)12-14-25)15-21(16)22(26)23-17(2)18-6-9-19(10-7-18)31(4,27)28/h5-10,15,17H,11-14H2,1-4H3,(H,23,26)/t17-/m1/s1. The van der Waals surface area contributed by atoms with Crippen LogP contribution in [0.25, 0.3) is 0 Å². The minimum absolute atomic E-state index is 0.1000. The predicted octanol–water partition coefficient (Wildman–Crippen LogP) is 1.83. The molecule has 8 nitrogen and oxygen atoms in total. The second-order valence-electron chi connectivity index (χ2n) is 8.22. The lowest BCUT2D eigenvalue weighted by molar-refractivity contribution is 0.0939. The summed E-state index contributed by atoms with van der Waals surface area (Å²) in [6, 6.07) is 10.5. The van der Waals surface area contributed by atoms with Gasteiger partial charge in [0, 0.05) is 38.0 Å². The Morgan fingerprint density at radius 3 is 2.06 bits per heavy atom. The van der Waals surface area contributed by atoms with Crippen LogP contribution in [-0.2, 0) is 19.9 Å². The average Bonchev–Trinajstić information content (AvgIpc) is 2.73. The highest BCUT2D eigenvalue weighted by Gasteiger charge is 2.28. The van der Waals surface area contributed by atoms with Crippen molar-refractivity contribution in [2.24, 2.45) is 0 Å². The normalized spacial score (nSPS) is 17.1. The zero-order valence-corrected chi connectivity index (χ0v) is 20.3. The van der Waals surface area contributed by atoms with Crippen molar-refractivity contribution in [3.05, 3.63) is 59.2 Å². The topological polar surface area (TPSA) is 104 Å². The molecule has 2 aromatic rings. The summed E-state index contributed by atoms with van der Waals surface area (Å²) in [5.41, 5.74) is 1.70. The molecule has 174 valence electrons. The number of likely N-dealkylation sites (N-methyl/N-ethyl adjacent to an activating group) is 1. The lowest BCUT2D eigenvalue weighted by atomic mass is 10.1. The molecule has 1 atom stereocenters. The summed E-state index contributed by atoms with van der Waals surface area (Å²) in [4.78, 5) is 15.3. The van der Waals surface area contributed by atoms with Crippen LogP contribution in [-0.4, -0.2) is 71.4 Å². The summed E-state index contributed by atoms with van der Waals surface area (Å²) in [7, 11) is -5.03. The lowest BCUT2D eigenvalue weighted by Gasteiger charge is -2.31. The minimum Gasteiger partial charge on any atom is -0.346 e. The Bertz CT molecular complexity index is 1200. The van der Waals surface area contributed by atoms with E-state index in [0.29, 0.717) is 37.3 Å². The molecule has 3 rings (SSSR count). The van der Waals surface area contributed by atoms with Gasteiger partial charge in [0.2, 0.25) is 10.0 Å². The second kappa shape index (κ2) is 9.30. The first-order valence-electron chi connectivity index (χ1n) is 10.3. The number of carbonyl (C=O) groups is 1. The quantitative estimate of drug-likeness (QED) is 0.678. The highest BCUT2D eigenvalue weighted by Crippen LogP contribution is 2.22. The lowest BCUT2D eigenvalue weighted by Crippen LogP contribution is -2.47. The van der Waals surface area contributed by atoms with Crippen molar-refractivity contribution in [2.45, 2.75) is 29.7 Å². The van der Waals surface area contributed by atoms with Crippen molar-refractivity contribution in [1.82, 2.24) is 14.5 Å². The Hall–Kier alpha value is -2.27. The molecule has 32 heavy (non-hydrogen) atoms. The fourth-order valence-corrected chi connectivity index (χ4v) is 5.62. The van der Waals surface area contributed by atoms with E-state index in [1.165, 1.54) is 28.6 Å². The number of rotatable bonds is 6. The first-order chi connectivity index (χ1) is 14.9. The van der Waals surface area contributed by atoms with Crippen molar-refractivity contribution in [1.29, 1.82) is 0 Å². The summed E-state index contributed by atoms with van der Waals surface area (Å²) in [6.45, 7) is 5.69. The number of nitrogens with one attached hydrogen (secondary N) is 1. The first-order valence-corrected chi connectivity index (χ1v) is 13.6. The fourth-order valence-electron chi connectivity index (χ4n) is 3.55. The SMILES string of the molecule is Cc1ccc(S(=O)(=O)N2CCN(C)CC2)cc1C(=O)N[C@H](C)c1ccc(S(C)(=O)=O)cc1. The Kier molecular flexibility index (Phi) is 7.09. The molecule has 0 aromatic heterocycles. The zero-order valence-electron chi connectivity index (χ0n) is 18.7. The molecule has 0 radical (unpaired) electrons. The molecule has 0 unspecified atom stereocenters. The number of hydrogen-bond donors (Lipinski definition) is 1. The van der Waals surface area contributed by atoms with Crippen LogP contribution in [0.5, 0.6) is 0 Å². The van der Waals surface area contributed by atoms with Gasteiger partial charge < -0.3 is 10.2 Å². The molecule has 1 aliphatic heterocycles. The number of piperazine rings is 1. The molecule has 1 N–H and O–H groups in total. The van der Waals surface area contributed by atoms with Crippen LogP contribution in [0.4, 0.5) is 0 Å². The number of benzene rings is 2. The van der Waals surface area contributed by atoms with Crippen molar-refractivity contribution in [3.63, 3.8) is 0 Å². The summed E-state index contributed by atoms with van der Waals surface area (Å²) in [5, 5.41) is 2.87. The number of hydrogen-bond acceptors (Lipinski definition) is 6. The molecule has 1 fully saturated rings. The van der Waals surface area contributed by atoms with Gasteiger partial charge in [-0.15, -0.1) is 0 Å². The van der Waals surface area contributed by atoms with Crippen molar-refractivity contribution in [3.8, 4) is 0 Å². The first kappa shape index (κ1) is 24.4. The van der Waals surface area contributed by atoms with Gasteiger partial charge in [-0.3, -0.25) is 4.79 Å². The Balaban J connectivity index is 1.79. The second-order valence-corrected chi connectivity index (χ2v) is 12.2. The largest absolute Gasteiger partial charge is 0.346 e. The maximum Gasteiger partial charge on any atom is 0.252 e. The molecule has 1 aliphatic rings. The number of aryl methyl sites for hydroxylation is 1. The van der Waals surface area contributed by atoms with Crippen LogP contribution in [0.15, 0.2) is 52.3 Å². The Morgan fingerprint density at radius 1 is 0.938 bits per heavy atom. The van der Waals surface area contributed by atoms with E-state index in [1.54, 1.807) is 32.0 Å². The summed E-state index contributed by atoms with van der Waals surface area (Å²) in [5.74, 6) is -0.391. The number of amides is 1. The van der Waals surface area contributed by atoms with Crippen molar-refractivity contribution >= 4 is 25.8 Å². The van der Waals surface area contributed by atoms with Crippen molar-refractivity contribution < 1.29 is 21.6 Å². The monoisotopic (exact) mass is 479 g/mol. The number of sulfonamides is 1. The van der Waals surface area contributed by atoms with E-state index < -0.39 is 31.8 Å². The van der Waals surface area contributed by atoms with Gasteiger partial charge in [-0.2, -0.15) is 4.31 Å². The number of nitrogens with zero attached hydrogens (tertiary/aromatic N) is 2. The number of carbonyl (C=O) groups excluding carboxylic acids is 1. The van der Waals surface area contributed by atoms with Crippen LogP contribution in [0, 0.1) is 6.92 Å². The molecule has 2 aromatic carbocycles. The van der Waals surface area contributed by atoms with E-state index in [1.807, 2.05) is 7.05 Å². The van der Waals surface area contributed by atoms with E-state index in [9.17, 15) is 21.6 Å². The zero-order chi connectivity index (χ0) is 23.7. The van der Waals surface area contributed by atoms with Gasteiger partial charge in [0.1, 0.15) is 0 Å². The van der Waals surface area contributed by atoms with Crippen LogP contribution < -0.4 is 5.32 Å². The van der Waals surface area contributed by atoms with Gasteiger partial charge in [-0.25, -0.2) is 16.8 Å². The van der Waals surface area contributed by atoms with Crippen LogP contribution in [0.3, 0.4) is 0 Å². The predicted molar refractivity (Wildman–Crippen MR) is 123 cm³/mol. The Labute approximate surface area is 190 Å². The van der Waals surface area contributed by atoms with Crippen LogP contribution in [0.1, 0.15) is 34.5 Å². The van der Waals surface area contributed by atoms with Gasteiger partial charge in [-0.1, -0.05) is 18.2 Å². The van der Waals surface area contributed by atoms with E-state index >= 15 is 0 Å². The highest BCUT2D eigenvalue weighted by atomic mass is 32.2. The minimum atomic E-state index is -3.69. The average molecular weight is 480 g/mol. The van der Waals surface area contributed by atoms with Gasteiger partial charge in [-0.05, 0) is 56.3 Å². The smallest absolute Gasteiger partial charge is 0.252 e. The number of sulfone groups is 1. The maximum atomic E-state index is 13.1. The van der Waals surface area contributed by atoms with Crippen LogP contribution in [0.2, 0.25) is 0 Å². The van der Waals surface area contributed by atoms with E-state index in [2.05, 4.69) is 10.2 Å². The summed E-state index contributed by atoms with van der Waals surface area (Å²) >= 11 is 0. The Morgan fingerprint density at radius 2 is 1.50 bits per heavy atom. The molecule has 0 bridgehead atoms.